The summed E-state index contributed by atoms with van der Waals surface area (Å²) in [6.45, 7) is 2.13. The van der Waals surface area contributed by atoms with Crippen molar-refractivity contribution in [2.45, 2.75) is 26.3 Å². The fraction of sp³-hybridized carbons (Fsp3) is 0.161. The summed E-state index contributed by atoms with van der Waals surface area (Å²) in [4.78, 5) is 23.7. The zero-order valence-corrected chi connectivity index (χ0v) is 20.6. The topological polar surface area (TPSA) is 94.6 Å². The summed E-state index contributed by atoms with van der Waals surface area (Å²) in [7, 11) is 0. The molecular formula is C31H28N2O4. The van der Waals surface area contributed by atoms with Crippen LogP contribution >= 0.6 is 0 Å². The van der Waals surface area contributed by atoms with Gasteiger partial charge in [0.15, 0.2) is 6.61 Å². The number of carboxylic acids is 1. The molecule has 0 saturated carbocycles. The highest BCUT2D eigenvalue weighted by molar-refractivity contribution is 6.20. The van der Waals surface area contributed by atoms with E-state index < -0.39 is 18.5 Å². The normalized spacial score (nSPS) is 11.2. The van der Waals surface area contributed by atoms with E-state index in [-0.39, 0.29) is 0 Å². The van der Waals surface area contributed by atoms with E-state index >= 15 is 0 Å². The number of rotatable bonds is 9. The molecule has 0 aliphatic carbocycles. The minimum absolute atomic E-state index is 0.378. The highest BCUT2D eigenvalue weighted by atomic mass is 16.5. The maximum absolute atomic E-state index is 12.4. The van der Waals surface area contributed by atoms with Gasteiger partial charge in [-0.3, -0.25) is 4.79 Å². The Balaban J connectivity index is 1.68. The molecule has 6 nitrogen and oxygen atoms in total. The quantitative estimate of drug-likeness (QED) is 0.282. The maximum atomic E-state index is 12.4. The number of aliphatic carboxylic acids is 1. The monoisotopic (exact) mass is 492 g/mol. The molecule has 0 atom stereocenters. The predicted octanol–water partition coefficient (Wildman–Crippen LogP) is 5.56. The molecule has 0 saturated heterocycles. The molecule has 1 heterocycles. The van der Waals surface area contributed by atoms with Crippen molar-refractivity contribution in [3.63, 3.8) is 0 Å². The van der Waals surface area contributed by atoms with E-state index in [2.05, 4.69) is 47.0 Å². The summed E-state index contributed by atoms with van der Waals surface area (Å²) >= 11 is 0. The van der Waals surface area contributed by atoms with Crippen LogP contribution < -0.4 is 10.5 Å². The third-order valence-corrected chi connectivity index (χ3v) is 6.62. The molecule has 1 aromatic heterocycles. The zero-order chi connectivity index (χ0) is 25.9. The van der Waals surface area contributed by atoms with Crippen molar-refractivity contribution in [1.29, 1.82) is 0 Å². The SMILES string of the molecule is CCc1cc(OCC(=O)O)c2c3c(C(N)=O)cccc3n(Cc3cccc(Cc4ccccc4)c3)c2c1. The van der Waals surface area contributed by atoms with E-state index in [4.69, 9.17) is 10.5 Å². The molecule has 0 bridgehead atoms. The van der Waals surface area contributed by atoms with E-state index in [0.717, 1.165) is 35.0 Å². The third kappa shape index (κ3) is 4.91. The number of aryl methyl sites for hydroxylation is 1. The lowest BCUT2D eigenvalue weighted by molar-refractivity contribution is -0.139. The number of hydrogen-bond acceptors (Lipinski definition) is 3. The van der Waals surface area contributed by atoms with Gasteiger partial charge in [0.2, 0.25) is 5.91 Å². The number of ether oxygens (including phenoxy) is 1. The van der Waals surface area contributed by atoms with Gasteiger partial charge in [-0.1, -0.05) is 67.6 Å². The average molecular weight is 493 g/mol. The van der Waals surface area contributed by atoms with Gasteiger partial charge in [0.1, 0.15) is 5.75 Å². The van der Waals surface area contributed by atoms with E-state index in [1.54, 1.807) is 6.07 Å². The lowest BCUT2D eigenvalue weighted by Gasteiger charge is -2.12. The van der Waals surface area contributed by atoms with Crippen LogP contribution in [0.15, 0.2) is 84.9 Å². The van der Waals surface area contributed by atoms with Crippen LogP contribution in [0.5, 0.6) is 5.75 Å². The van der Waals surface area contributed by atoms with Crippen LogP contribution in [0.4, 0.5) is 0 Å². The first-order chi connectivity index (χ1) is 17.9. The van der Waals surface area contributed by atoms with Gasteiger partial charge in [-0.25, -0.2) is 4.79 Å². The Hall–Kier alpha value is -4.58. The second kappa shape index (κ2) is 10.2. The van der Waals surface area contributed by atoms with Crippen LogP contribution in [-0.2, 0) is 24.2 Å². The number of amides is 1. The van der Waals surface area contributed by atoms with Crippen LogP contribution in [0, 0.1) is 0 Å². The smallest absolute Gasteiger partial charge is 0.341 e. The number of benzene rings is 4. The Bertz CT molecular complexity index is 1620. The largest absolute Gasteiger partial charge is 0.481 e. The number of carboxylic acid groups (broad SMARTS) is 1. The molecule has 186 valence electrons. The van der Waals surface area contributed by atoms with Crippen molar-refractivity contribution in [2.24, 2.45) is 5.73 Å². The maximum Gasteiger partial charge on any atom is 0.341 e. The van der Waals surface area contributed by atoms with Crippen LogP contribution in [-0.4, -0.2) is 28.2 Å². The van der Waals surface area contributed by atoms with E-state index in [0.29, 0.717) is 28.6 Å². The number of aromatic nitrogens is 1. The highest BCUT2D eigenvalue weighted by Gasteiger charge is 2.21. The van der Waals surface area contributed by atoms with Crippen molar-refractivity contribution in [2.75, 3.05) is 6.61 Å². The number of hydrogen-bond donors (Lipinski definition) is 2. The lowest BCUT2D eigenvalue weighted by Crippen LogP contribution is -2.12. The molecule has 1 amide bonds. The van der Waals surface area contributed by atoms with E-state index in [1.807, 2.05) is 43.3 Å². The molecule has 37 heavy (non-hydrogen) atoms. The average Bonchev–Trinajstić information content (AvgIpc) is 3.21. The Morgan fingerprint density at radius 3 is 2.27 bits per heavy atom. The van der Waals surface area contributed by atoms with Gasteiger partial charge < -0.3 is 20.1 Å². The molecule has 0 aliphatic heterocycles. The van der Waals surface area contributed by atoms with Gasteiger partial charge >= 0.3 is 5.97 Å². The molecule has 0 aliphatic rings. The number of nitrogens with zero attached hydrogens (tertiary/aromatic N) is 1. The first-order valence-electron chi connectivity index (χ1n) is 12.3. The molecule has 3 N–H and O–H groups in total. The second-order valence-corrected chi connectivity index (χ2v) is 9.16. The van der Waals surface area contributed by atoms with Gasteiger partial charge in [0, 0.05) is 17.5 Å². The Kier molecular flexibility index (Phi) is 6.64. The summed E-state index contributed by atoms with van der Waals surface area (Å²) < 4.78 is 7.91. The van der Waals surface area contributed by atoms with Crippen molar-refractivity contribution in [3.8, 4) is 5.75 Å². The van der Waals surface area contributed by atoms with E-state index in [1.165, 1.54) is 11.1 Å². The molecular weight excluding hydrogens is 464 g/mol. The van der Waals surface area contributed by atoms with Gasteiger partial charge in [-0.15, -0.1) is 0 Å². The standard InChI is InChI=1S/C31H28N2O4/c1-2-20-16-26-30(27(17-20)37-19-28(34)35)29-24(31(32)36)12-7-13-25(29)33(26)18-23-11-6-10-22(15-23)14-21-8-4-3-5-9-21/h3-13,15-17H,2,14,18-19H2,1H3,(H2,32,36)(H,34,35). The van der Waals surface area contributed by atoms with Crippen molar-refractivity contribution in [3.05, 3.63) is 113 Å². The Labute approximate surface area is 214 Å². The predicted molar refractivity (Wildman–Crippen MR) is 145 cm³/mol. The molecule has 4 aromatic carbocycles. The Morgan fingerprint density at radius 1 is 0.811 bits per heavy atom. The lowest BCUT2D eigenvalue weighted by atomic mass is 10.0. The molecule has 0 spiro atoms. The van der Waals surface area contributed by atoms with Crippen LogP contribution in [0.3, 0.4) is 0 Å². The minimum atomic E-state index is -1.07. The van der Waals surface area contributed by atoms with Gasteiger partial charge in [0.25, 0.3) is 0 Å². The zero-order valence-electron chi connectivity index (χ0n) is 20.6. The van der Waals surface area contributed by atoms with Crippen LogP contribution in [0.25, 0.3) is 21.8 Å². The van der Waals surface area contributed by atoms with Crippen molar-refractivity contribution >= 4 is 33.7 Å². The molecule has 0 fully saturated rings. The summed E-state index contributed by atoms with van der Waals surface area (Å²) in [6, 6.07) is 28.3. The van der Waals surface area contributed by atoms with Gasteiger partial charge in [-0.2, -0.15) is 0 Å². The molecule has 6 heteroatoms. The highest BCUT2D eigenvalue weighted by Crippen LogP contribution is 2.39. The first kappa shape index (κ1) is 24.1. The number of carbonyl (C=O) groups is 2. The fourth-order valence-corrected chi connectivity index (χ4v) is 4.96. The van der Waals surface area contributed by atoms with Crippen LogP contribution in [0.1, 0.15) is 39.5 Å². The number of fused-ring (bicyclic) bond motifs is 3. The molecule has 5 rings (SSSR count). The van der Waals surface area contributed by atoms with Gasteiger partial charge in [0.05, 0.1) is 16.4 Å². The van der Waals surface area contributed by atoms with Crippen molar-refractivity contribution < 1.29 is 19.4 Å². The van der Waals surface area contributed by atoms with Gasteiger partial charge in [-0.05, 0) is 59.4 Å². The molecule has 0 unspecified atom stereocenters. The first-order valence-corrected chi connectivity index (χ1v) is 12.3. The second-order valence-electron chi connectivity index (χ2n) is 9.16. The molecule has 0 radical (unpaired) electrons. The fourth-order valence-electron chi connectivity index (χ4n) is 4.96. The Morgan fingerprint density at radius 2 is 1.54 bits per heavy atom. The summed E-state index contributed by atoms with van der Waals surface area (Å²) in [5.74, 6) is -1.17. The van der Waals surface area contributed by atoms with Crippen LogP contribution in [0.2, 0.25) is 0 Å². The number of nitrogens with two attached hydrogens (primary N) is 1. The van der Waals surface area contributed by atoms with Crippen molar-refractivity contribution in [1.82, 2.24) is 4.57 Å². The summed E-state index contributed by atoms with van der Waals surface area (Å²) in [5.41, 5.74) is 12.4. The number of primary amides is 1. The third-order valence-electron chi connectivity index (χ3n) is 6.62. The molecule has 5 aromatic rings. The van der Waals surface area contributed by atoms with E-state index in [9.17, 15) is 14.7 Å². The minimum Gasteiger partial charge on any atom is -0.481 e. The summed E-state index contributed by atoms with van der Waals surface area (Å²) in [5, 5.41) is 10.6. The summed E-state index contributed by atoms with van der Waals surface area (Å²) in [6.07, 6.45) is 1.58. The number of carbonyl (C=O) groups excluding carboxylic acids is 1.